The number of aromatic nitrogens is 2. The van der Waals surface area contributed by atoms with E-state index in [1.54, 1.807) is 10.9 Å². The summed E-state index contributed by atoms with van der Waals surface area (Å²) in [5.41, 5.74) is 6.44. The highest BCUT2D eigenvalue weighted by Gasteiger charge is 2.25. The van der Waals surface area contributed by atoms with E-state index in [1.165, 1.54) is 12.8 Å². The van der Waals surface area contributed by atoms with Gasteiger partial charge in [-0.3, -0.25) is 4.68 Å². The monoisotopic (exact) mass is 190 g/mol. The summed E-state index contributed by atoms with van der Waals surface area (Å²) < 4.78 is 1.80. The molecule has 1 heterocycles. The normalized spacial score (nSPS) is 25.4. The van der Waals surface area contributed by atoms with E-state index < -0.39 is 0 Å². The molecule has 0 atom stereocenters. The summed E-state index contributed by atoms with van der Waals surface area (Å²) in [7, 11) is 0. The lowest BCUT2D eigenvalue weighted by atomic mass is 9.76. The second kappa shape index (κ2) is 3.33. The third kappa shape index (κ3) is 1.58. The molecule has 4 nitrogen and oxygen atoms in total. The van der Waals surface area contributed by atoms with Crippen LogP contribution in [-0.4, -0.2) is 9.78 Å². The molecule has 1 fully saturated rings. The summed E-state index contributed by atoms with van der Waals surface area (Å²) in [4.78, 5) is 0. The lowest BCUT2D eigenvalue weighted by Gasteiger charge is -2.32. The Labute approximate surface area is 83.3 Å². The van der Waals surface area contributed by atoms with Crippen LogP contribution in [0.1, 0.15) is 25.5 Å². The van der Waals surface area contributed by atoms with Crippen molar-refractivity contribution in [2.24, 2.45) is 11.8 Å². The van der Waals surface area contributed by atoms with Gasteiger partial charge in [0.2, 0.25) is 0 Å². The molecule has 1 aliphatic rings. The van der Waals surface area contributed by atoms with Crippen LogP contribution in [0.3, 0.4) is 0 Å². The molecular weight excluding hydrogens is 176 g/mol. The third-order valence-electron chi connectivity index (χ3n) is 2.81. The number of hydrogen-bond donors (Lipinski definition) is 1. The van der Waals surface area contributed by atoms with E-state index in [-0.39, 0.29) is 0 Å². The van der Waals surface area contributed by atoms with Crippen molar-refractivity contribution in [3.63, 3.8) is 0 Å². The lowest BCUT2D eigenvalue weighted by Crippen LogP contribution is -2.25. The Morgan fingerprint density at radius 2 is 2.43 bits per heavy atom. The lowest BCUT2D eigenvalue weighted by molar-refractivity contribution is 0.182. The van der Waals surface area contributed by atoms with Crippen LogP contribution in [0.15, 0.2) is 6.20 Å². The van der Waals surface area contributed by atoms with Gasteiger partial charge in [-0.05, 0) is 24.7 Å². The van der Waals surface area contributed by atoms with Gasteiger partial charge in [-0.15, -0.1) is 0 Å². The van der Waals surface area contributed by atoms with E-state index in [9.17, 15) is 0 Å². The second-order valence-electron chi connectivity index (χ2n) is 4.21. The van der Waals surface area contributed by atoms with E-state index >= 15 is 0 Å². The molecule has 4 heteroatoms. The minimum atomic E-state index is 0.345. The molecule has 2 N–H and O–H groups in total. The first-order chi connectivity index (χ1) is 6.69. The summed E-state index contributed by atoms with van der Waals surface area (Å²) in [5.74, 6) is 1.57. The maximum atomic E-state index is 8.67. The zero-order valence-electron chi connectivity index (χ0n) is 8.27. The molecule has 0 aliphatic heterocycles. The SMILES string of the molecule is CC1CC(Cn2cc(N)c(C#N)n2)C1. The Kier molecular flexibility index (Phi) is 2.16. The summed E-state index contributed by atoms with van der Waals surface area (Å²) in [6.07, 6.45) is 4.28. The van der Waals surface area contributed by atoms with Gasteiger partial charge in [0.1, 0.15) is 6.07 Å². The summed E-state index contributed by atoms with van der Waals surface area (Å²) >= 11 is 0. The minimum absolute atomic E-state index is 0.345. The number of anilines is 1. The largest absolute Gasteiger partial charge is 0.395 e. The number of nitriles is 1. The first-order valence-electron chi connectivity index (χ1n) is 4.92. The number of rotatable bonds is 2. The molecule has 1 aromatic rings. The number of hydrogen-bond acceptors (Lipinski definition) is 3. The molecule has 2 rings (SSSR count). The molecular formula is C10H14N4. The van der Waals surface area contributed by atoms with E-state index in [0.717, 1.165) is 18.4 Å². The van der Waals surface area contributed by atoms with Crippen LogP contribution in [0.2, 0.25) is 0 Å². The van der Waals surface area contributed by atoms with Gasteiger partial charge in [0, 0.05) is 12.7 Å². The Morgan fingerprint density at radius 3 is 2.93 bits per heavy atom. The predicted molar refractivity (Wildman–Crippen MR) is 53.2 cm³/mol. The van der Waals surface area contributed by atoms with Crippen molar-refractivity contribution < 1.29 is 0 Å². The second-order valence-corrected chi connectivity index (χ2v) is 4.21. The van der Waals surface area contributed by atoms with Crippen molar-refractivity contribution in [3.05, 3.63) is 11.9 Å². The fourth-order valence-corrected chi connectivity index (χ4v) is 2.10. The molecule has 0 aromatic carbocycles. The summed E-state index contributed by atoms with van der Waals surface area (Å²) in [6.45, 7) is 3.16. The first kappa shape index (κ1) is 9.07. The Morgan fingerprint density at radius 1 is 1.71 bits per heavy atom. The highest BCUT2D eigenvalue weighted by molar-refractivity contribution is 5.47. The van der Waals surface area contributed by atoms with Gasteiger partial charge >= 0.3 is 0 Å². The zero-order chi connectivity index (χ0) is 10.1. The smallest absolute Gasteiger partial charge is 0.185 e. The van der Waals surface area contributed by atoms with Crippen molar-refractivity contribution in [2.45, 2.75) is 26.3 Å². The van der Waals surface area contributed by atoms with Crippen molar-refractivity contribution in [3.8, 4) is 6.07 Å². The molecule has 1 saturated carbocycles. The van der Waals surface area contributed by atoms with E-state index in [1.807, 2.05) is 6.07 Å². The molecule has 1 aromatic heterocycles. The number of nitrogens with zero attached hydrogens (tertiary/aromatic N) is 3. The van der Waals surface area contributed by atoms with Crippen LogP contribution in [-0.2, 0) is 6.54 Å². The molecule has 0 saturated heterocycles. The average molecular weight is 190 g/mol. The third-order valence-corrected chi connectivity index (χ3v) is 2.81. The van der Waals surface area contributed by atoms with Crippen molar-refractivity contribution in [2.75, 3.05) is 5.73 Å². The van der Waals surface area contributed by atoms with Crippen molar-refractivity contribution in [1.29, 1.82) is 5.26 Å². The van der Waals surface area contributed by atoms with Crippen LogP contribution in [0.25, 0.3) is 0 Å². The molecule has 0 unspecified atom stereocenters. The molecule has 0 amide bonds. The van der Waals surface area contributed by atoms with Crippen molar-refractivity contribution >= 4 is 5.69 Å². The van der Waals surface area contributed by atoms with Gasteiger partial charge in [-0.1, -0.05) is 6.92 Å². The summed E-state index contributed by atoms with van der Waals surface area (Å²) in [5, 5.41) is 12.8. The van der Waals surface area contributed by atoms with Gasteiger partial charge in [0.05, 0.1) is 5.69 Å². The van der Waals surface area contributed by atoms with E-state index in [0.29, 0.717) is 11.4 Å². The molecule has 14 heavy (non-hydrogen) atoms. The van der Waals surface area contributed by atoms with Crippen LogP contribution >= 0.6 is 0 Å². The van der Waals surface area contributed by atoms with Gasteiger partial charge in [-0.25, -0.2) is 0 Å². The molecule has 1 aliphatic carbocycles. The van der Waals surface area contributed by atoms with Gasteiger partial charge in [0.25, 0.3) is 0 Å². The topological polar surface area (TPSA) is 67.6 Å². The van der Waals surface area contributed by atoms with Crippen LogP contribution in [0.4, 0.5) is 5.69 Å². The van der Waals surface area contributed by atoms with Gasteiger partial charge in [-0.2, -0.15) is 10.4 Å². The number of nitrogen functional groups attached to an aromatic ring is 1. The fourth-order valence-electron chi connectivity index (χ4n) is 2.10. The Balaban J connectivity index is 2.00. The van der Waals surface area contributed by atoms with E-state index in [2.05, 4.69) is 12.0 Å². The van der Waals surface area contributed by atoms with Crippen LogP contribution in [0, 0.1) is 23.2 Å². The molecule has 74 valence electrons. The molecule has 0 radical (unpaired) electrons. The standard InChI is InChI=1S/C10H14N4/c1-7-2-8(3-7)5-14-6-9(12)10(4-11)13-14/h6-8H,2-3,5,12H2,1H3. The van der Waals surface area contributed by atoms with Crippen molar-refractivity contribution in [1.82, 2.24) is 9.78 Å². The average Bonchev–Trinajstić information content (AvgIpc) is 2.43. The van der Waals surface area contributed by atoms with E-state index in [4.69, 9.17) is 11.0 Å². The maximum absolute atomic E-state index is 8.67. The maximum Gasteiger partial charge on any atom is 0.185 e. The highest BCUT2D eigenvalue weighted by atomic mass is 15.3. The van der Waals surface area contributed by atoms with Crippen LogP contribution in [0.5, 0.6) is 0 Å². The zero-order valence-corrected chi connectivity index (χ0v) is 8.27. The Bertz CT molecular complexity index is 368. The first-order valence-corrected chi connectivity index (χ1v) is 4.92. The Hall–Kier alpha value is -1.50. The fraction of sp³-hybridized carbons (Fsp3) is 0.600. The predicted octanol–water partition coefficient (Wildman–Crippen LogP) is 1.38. The van der Waals surface area contributed by atoms with Crippen LogP contribution < -0.4 is 5.73 Å². The summed E-state index contributed by atoms with van der Waals surface area (Å²) in [6, 6.07) is 1.98. The quantitative estimate of drug-likeness (QED) is 0.766. The molecule has 0 bridgehead atoms. The highest BCUT2D eigenvalue weighted by Crippen LogP contribution is 2.34. The molecule has 0 spiro atoms. The number of nitrogens with two attached hydrogens (primary N) is 1. The van der Waals surface area contributed by atoms with Gasteiger partial charge in [0.15, 0.2) is 5.69 Å². The minimum Gasteiger partial charge on any atom is -0.395 e. The van der Waals surface area contributed by atoms with Gasteiger partial charge < -0.3 is 5.73 Å².